The number of nitrogens with zero attached hydrogens (tertiary/aromatic N) is 3. The van der Waals surface area contributed by atoms with Crippen LogP contribution in [0.5, 0.6) is 0 Å². The van der Waals surface area contributed by atoms with Crippen molar-refractivity contribution in [1.82, 2.24) is 14.8 Å². The van der Waals surface area contributed by atoms with Gasteiger partial charge in [0.05, 0.1) is 17.3 Å². The van der Waals surface area contributed by atoms with Crippen LogP contribution in [0.15, 0.2) is 53.9 Å². The molecule has 2 N–H and O–H groups in total. The lowest BCUT2D eigenvalue weighted by atomic mass is 10.2. The Morgan fingerprint density at radius 1 is 1.06 bits per heavy atom. The van der Waals surface area contributed by atoms with E-state index in [4.69, 9.17) is 11.6 Å². The minimum Gasteiger partial charge on any atom is -0.335 e. The predicted molar refractivity (Wildman–Crippen MR) is 124 cm³/mol. The molecule has 0 atom stereocenters. The van der Waals surface area contributed by atoms with Crippen LogP contribution in [0.2, 0.25) is 5.02 Å². The molecule has 10 heteroatoms. The minimum atomic E-state index is -0.351. The number of para-hydroxylation sites is 1. The molecular weight excluding hydrogens is 453 g/mol. The molecule has 0 bridgehead atoms. The highest BCUT2D eigenvalue weighted by molar-refractivity contribution is 7.14. The van der Waals surface area contributed by atoms with Gasteiger partial charge in [0, 0.05) is 37.2 Å². The van der Waals surface area contributed by atoms with E-state index in [2.05, 4.69) is 15.6 Å². The van der Waals surface area contributed by atoms with Crippen LogP contribution >= 0.6 is 22.9 Å². The van der Waals surface area contributed by atoms with Crippen molar-refractivity contribution in [2.24, 2.45) is 0 Å². The molecule has 2 aromatic carbocycles. The molecule has 1 aliphatic heterocycles. The van der Waals surface area contributed by atoms with Crippen LogP contribution < -0.4 is 10.6 Å². The van der Waals surface area contributed by atoms with E-state index in [1.807, 2.05) is 23.1 Å². The molecule has 0 spiro atoms. The smallest absolute Gasteiger partial charge is 0.273 e. The molecule has 0 unspecified atom stereocenters. The number of hydrogen-bond donors (Lipinski definition) is 2. The molecule has 4 rings (SSSR count). The lowest BCUT2D eigenvalue weighted by molar-refractivity contribution is -0.117. The first-order valence-electron chi connectivity index (χ1n) is 10.0. The quantitative estimate of drug-likeness (QED) is 0.564. The van der Waals surface area contributed by atoms with Gasteiger partial charge in [0.25, 0.3) is 5.91 Å². The van der Waals surface area contributed by atoms with Crippen LogP contribution in [-0.2, 0) is 4.79 Å². The largest absolute Gasteiger partial charge is 0.335 e. The van der Waals surface area contributed by atoms with Gasteiger partial charge in [-0.1, -0.05) is 23.7 Å². The van der Waals surface area contributed by atoms with Gasteiger partial charge in [-0.25, -0.2) is 9.37 Å². The first kappa shape index (κ1) is 22.2. The van der Waals surface area contributed by atoms with Crippen LogP contribution in [0.25, 0.3) is 0 Å². The molecule has 32 heavy (non-hydrogen) atoms. The molecule has 3 aromatic rings. The lowest BCUT2D eigenvalue weighted by Crippen LogP contribution is -2.50. The van der Waals surface area contributed by atoms with Crippen LogP contribution in [0, 0.1) is 5.82 Å². The summed E-state index contributed by atoms with van der Waals surface area (Å²) in [6.45, 7) is 2.39. The van der Waals surface area contributed by atoms with Gasteiger partial charge in [-0.05, 0) is 36.4 Å². The number of piperazine rings is 1. The average molecular weight is 474 g/mol. The van der Waals surface area contributed by atoms with E-state index in [1.165, 1.54) is 35.6 Å². The Morgan fingerprint density at radius 2 is 1.78 bits per heavy atom. The first-order chi connectivity index (χ1) is 15.5. The molecule has 1 fully saturated rings. The fourth-order valence-corrected chi connectivity index (χ4v) is 4.19. The average Bonchev–Trinajstić information content (AvgIpc) is 3.25. The van der Waals surface area contributed by atoms with Crippen molar-refractivity contribution in [2.75, 3.05) is 43.4 Å². The van der Waals surface area contributed by atoms with Crippen molar-refractivity contribution in [3.8, 4) is 0 Å². The maximum atomic E-state index is 13.0. The van der Waals surface area contributed by atoms with Crippen LogP contribution in [0.3, 0.4) is 0 Å². The Labute approximate surface area is 193 Å². The van der Waals surface area contributed by atoms with Crippen molar-refractivity contribution in [1.29, 1.82) is 0 Å². The number of hydrogen-bond acceptors (Lipinski definition) is 6. The fourth-order valence-electron chi connectivity index (χ4n) is 3.32. The van der Waals surface area contributed by atoms with E-state index in [1.54, 1.807) is 16.3 Å². The first-order valence-corrected chi connectivity index (χ1v) is 11.3. The highest BCUT2D eigenvalue weighted by atomic mass is 35.5. The Hall–Kier alpha value is -3.01. The summed E-state index contributed by atoms with van der Waals surface area (Å²) in [5.74, 6) is -0.661. The summed E-state index contributed by atoms with van der Waals surface area (Å²) < 4.78 is 13.0. The van der Waals surface area contributed by atoms with Crippen molar-refractivity contribution in [3.63, 3.8) is 0 Å². The third kappa shape index (κ3) is 5.61. The maximum absolute atomic E-state index is 13.0. The number of anilines is 3. The standard InChI is InChI=1S/C22H21ClFN5O2S/c23-17-3-1-2-4-18(17)26-22-27-19(14-32-22)21(31)29-11-9-28(10-12-29)13-20(30)25-16-7-5-15(24)6-8-16/h1-8,14H,9-13H2,(H,25,30)(H,26,27). The number of amides is 2. The Morgan fingerprint density at radius 3 is 2.50 bits per heavy atom. The van der Waals surface area contributed by atoms with Crippen molar-refractivity contribution in [2.45, 2.75) is 0 Å². The number of thiazole rings is 1. The normalized spacial score (nSPS) is 14.2. The van der Waals surface area contributed by atoms with Crippen molar-refractivity contribution in [3.05, 3.63) is 70.4 Å². The van der Waals surface area contributed by atoms with Crippen LogP contribution in [-0.4, -0.2) is 59.3 Å². The molecule has 2 amide bonds. The van der Waals surface area contributed by atoms with E-state index in [0.29, 0.717) is 47.7 Å². The van der Waals surface area contributed by atoms with Crippen LogP contribution in [0.1, 0.15) is 10.5 Å². The highest BCUT2D eigenvalue weighted by Gasteiger charge is 2.25. The SMILES string of the molecule is O=C(CN1CCN(C(=O)c2csc(Nc3ccccc3Cl)n2)CC1)Nc1ccc(F)cc1. The monoisotopic (exact) mass is 473 g/mol. The summed E-state index contributed by atoms with van der Waals surface area (Å²) >= 11 is 7.50. The van der Waals surface area contributed by atoms with Gasteiger partial charge >= 0.3 is 0 Å². The Balaban J connectivity index is 1.26. The molecular formula is C22H21ClFN5O2S. The fraction of sp³-hybridized carbons (Fsp3) is 0.227. The second-order valence-corrected chi connectivity index (χ2v) is 8.53. The zero-order valence-corrected chi connectivity index (χ0v) is 18.6. The number of carbonyl (C=O) groups is 2. The molecule has 0 aliphatic carbocycles. The van der Waals surface area contributed by atoms with Gasteiger partial charge in [-0.2, -0.15) is 0 Å². The number of benzene rings is 2. The van der Waals surface area contributed by atoms with Crippen molar-refractivity contribution >= 4 is 51.3 Å². The molecule has 0 saturated carbocycles. The third-order valence-electron chi connectivity index (χ3n) is 4.99. The van der Waals surface area contributed by atoms with Gasteiger partial charge in [0.2, 0.25) is 5.91 Å². The molecule has 166 valence electrons. The molecule has 0 radical (unpaired) electrons. The summed E-state index contributed by atoms with van der Waals surface area (Å²) in [5.41, 5.74) is 1.66. The van der Waals surface area contributed by atoms with Gasteiger partial charge in [-0.3, -0.25) is 14.5 Å². The minimum absolute atomic E-state index is 0.135. The summed E-state index contributed by atoms with van der Waals surface area (Å²) in [5, 5.41) is 8.78. The molecule has 1 saturated heterocycles. The number of aromatic nitrogens is 1. The van der Waals surface area contributed by atoms with E-state index >= 15 is 0 Å². The Bertz CT molecular complexity index is 1100. The predicted octanol–water partition coefficient (Wildman–Crippen LogP) is 4.08. The summed E-state index contributed by atoms with van der Waals surface area (Å²) in [7, 11) is 0. The van der Waals surface area contributed by atoms with E-state index in [0.717, 1.165) is 5.69 Å². The van der Waals surface area contributed by atoms with Crippen LogP contribution in [0.4, 0.5) is 20.9 Å². The topological polar surface area (TPSA) is 77.6 Å². The van der Waals surface area contributed by atoms with Gasteiger partial charge in [-0.15, -0.1) is 11.3 Å². The second-order valence-electron chi connectivity index (χ2n) is 7.27. The lowest BCUT2D eigenvalue weighted by Gasteiger charge is -2.33. The number of rotatable bonds is 6. The van der Waals surface area contributed by atoms with Gasteiger partial charge in [0.15, 0.2) is 5.13 Å². The number of nitrogens with one attached hydrogen (secondary N) is 2. The second kappa shape index (κ2) is 10.1. The number of carbonyl (C=O) groups excluding carboxylic acids is 2. The number of halogens is 2. The van der Waals surface area contributed by atoms with Crippen molar-refractivity contribution < 1.29 is 14.0 Å². The van der Waals surface area contributed by atoms with Gasteiger partial charge < -0.3 is 15.5 Å². The summed E-state index contributed by atoms with van der Waals surface area (Å²) in [4.78, 5) is 33.2. The molecule has 1 aromatic heterocycles. The zero-order chi connectivity index (χ0) is 22.5. The summed E-state index contributed by atoms with van der Waals surface area (Å²) in [6.07, 6.45) is 0. The zero-order valence-electron chi connectivity index (χ0n) is 17.1. The van der Waals surface area contributed by atoms with E-state index in [-0.39, 0.29) is 24.2 Å². The molecule has 2 heterocycles. The van der Waals surface area contributed by atoms with E-state index in [9.17, 15) is 14.0 Å². The highest BCUT2D eigenvalue weighted by Crippen LogP contribution is 2.27. The van der Waals surface area contributed by atoms with E-state index < -0.39 is 0 Å². The molecule has 7 nitrogen and oxygen atoms in total. The summed E-state index contributed by atoms with van der Waals surface area (Å²) in [6, 6.07) is 13.0. The van der Waals surface area contributed by atoms with Gasteiger partial charge in [0.1, 0.15) is 11.5 Å². The molecule has 1 aliphatic rings. The third-order valence-corrected chi connectivity index (χ3v) is 6.08. The Kier molecular flexibility index (Phi) is 6.99. The maximum Gasteiger partial charge on any atom is 0.273 e.